The van der Waals surface area contributed by atoms with Gasteiger partial charge in [0.25, 0.3) is 0 Å². The molecule has 150 valence electrons. The summed E-state index contributed by atoms with van der Waals surface area (Å²) in [6.07, 6.45) is 3.09. The van der Waals surface area contributed by atoms with Crippen LogP contribution in [0.3, 0.4) is 0 Å². The smallest absolute Gasteiger partial charge is 0.182 e. The van der Waals surface area contributed by atoms with E-state index in [4.69, 9.17) is 4.98 Å². The van der Waals surface area contributed by atoms with Crippen molar-refractivity contribution in [1.82, 2.24) is 34.4 Å². The molecule has 1 aliphatic heterocycles. The summed E-state index contributed by atoms with van der Waals surface area (Å²) in [6, 6.07) is 5.40. The molecule has 1 aliphatic rings. The minimum Gasteiger partial charge on any atom is -0.358 e. The van der Waals surface area contributed by atoms with Crippen molar-refractivity contribution < 1.29 is 4.39 Å². The molecular formula is C20H23FN8. The van der Waals surface area contributed by atoms with Crippen LogP contribution in [-0.2, 0) is 0 Å². The summed E-state index contributed by atoms with van der Waals surface area (Å²) >= 11 is 0. The van der Waals surface area contributed by atoms with Crippen molar-refractivity contribution in [1.29, 1.82) is 0 Å². The number of hydrogen-bond acceptors (Lipinski definition) is 6. The van der Waals surface area contributed by atoms with Gasteiger partial charge in [-0.2, -0.15) is 0 Å². The van der Waals surface area contributed by atoms with E-state index in [1.165, 1.54) is 12.4 Å². The topological polar surface area (TPSA) is 87.5 Å². The normalized spacial score (nSPS) is 16.6. The highest BCUT2D eigenvalue weighted by atomic mass is 19.1. The summed E-state index contributed by atoms with van der Waals surface area (Å²) in [5.74, 6) is 1.29. The number of anilines is 1. The molecule has 1 saturated heterocycles. The number of likely N-dealkylation sites (tertiary alicyclic amines) is 1. The highest BCUT2D eigenvalue weighted by Crippen LogP contribution is 2.33. The zero-order valence-corrected chi connectivity index (χ0v) is 16.6. The van der Waals surface area contributed by atoms with Crippen LogP contribution >= 0.6 is 0 Å². The number of fused-ring (bicyclic) bond motifs is 2. The van der Waals surface area contributed by atoms with Crippen molar-refractivity contribution in [3.63, 3.8) is 0 Å². The van der Waals surface area contributed by atoms with Crippen LogP contribution in [0.5, 0.6) is 0 Å². The minimum absolute atomic E-state index is 0.139. The Balaban J connectivity index is 1.53. The van der Waals surface area contributed by atoms with E-state index >= 15 is 0 Å². The molecule has 29 heavy (non-hydrogen) atoms. The summed E-state index contributed by atoms with van der Waals surface area (Å²) < 4.78 is 16.2. The lowest BCUT2D eigenvalue weighted by Gasteiger charge is -2.43. The molecule has 4 heterocycles. The quantitative estimate of drug-likeness (QED) is 0.540. The highest BCUT2D eigenvalue weighted by molar-refractivity contribution is 5.82. The summed E-state index contributed by atoms with van der Waals surface area (Å²) in [4.78, 5) is 23.0. The van der Waals surface area contributed by atoms with Gasteiger partial charge in [-0.3, -0.25) is 4.90 Å². The van der Waals surface area contributed by atoms with Crippen LogP contribution in [0.25, 0.3) is 22.2 Å². The van der Waals surface area contributed by atoms with E-state index in [2.05, 4.69) is 48.6 Å². The van der Waals surface area contributed by atoms with Crippen molar-refractivity contribution in [3.05, 3.63) is 42.5 Å². The maximum atomic E-state index is 14.0. The molecule has 5 rings (SSSR count). The first kappa shape index (κ1) is 18.0. The molecule has 0 aliphatic carbocycles. The van der Waals surface area contributed by atoms with Crippen molar-refractivity contribution >= 4 is 28.0 Å². The number of aromatic amines is 1. The Morgan fingerprint density at radius 2 is 2.00 bits per heavy atom. The van der Waals surface area contributed by atoms with Gasteiger partial charge >= 0.3 is 0 Å². The lowest BCUT2D eigenvalue weighted by atomic mass is 10.1. The Bertz CT molecular complexity index is 1170. The number of aromatic nitrogens is 6. The number of hydrogen-bond donors (Lipinski definition) is 2. The minimum atomic E-state index is -0.249. The average molecular weight is 394 g/mol. The summed E-state index contributed by atoms with van der Waals surface area (Å²) in [6.45, 7) is 8.28. The molecule has 1 atom stereocenters. The van der Waals surface area contributed by atoms with Gasteiger partial charge in [-0.15, -0.1) is 0 Å². The van der Waals surface area contributed by atoms with Gasteiger partial charge in [0.1, 0.15) is 23.5 Å². The Kier molecular flexibility index (Phi) is 4.20. The molecule has 0 amide bonds. The molecule has 3 aromatic heterocycles. The molecule has 1 fully saturated rings. The first-order valence-corrected chi connectivity index (χ1v) is 9.83. The predicted octanol–water partition coefficient (Wildman–Crippen LogP) is 3.28. The Morgan fingerprint density at radius 1 is 1.17 bits per heavy atom. The third kappa shape index (κ3) is 3.02. The second-order valence-corrected chi connectivity index (χ2v) is 7.86. The molecule has 8 nitrogen and oxygen atoms in total. The van der Waals surface area contributed by atoms with Gasteiger partial charge in [0.2, 0.25) is 0 Å². The van der Waals surface area contributed by atoms with Gasteiger partial charge in [-0.1, -0.05) is 0 Å². The van der Waals surface area contributed by atoms with Gasteiger partial charge in [0.15, 0.2) is 11.5 Å². The summed E-state index contributed by atoms with van der Waals surface area (Å²) in [7, 11) is 0. The molecule has 9 heteroatoms. The first-order valence-electron chi connectivity index (χ1n) is 9.83. The molecule has 0 radical (unpaired) electrons. The maximum absolute atomic E-state index is 14.0. The maximum Gasteiger partial charge on any atom is 0.182 e. The zero-order valence-electron chi connectivity index (χ0n) is 16.6. The summed E-state index contributed by atoms with van der Waals surface area (Å²) in [5.41, 5.74) is 2.99. The van der Waals surface area contributed by atoms with E-state index in [0.29, 0.717) is 17.5 Å². The van der Waals surface area contributed by atoms with Crippen molar-refractivity contribution in [2.45, 2.75) is 38.9 Å². The van der Waals surface area contributed by atoms with E-state index in [1.807, 2.05) is 6.92 Å². The van der Waals surface area contributed by atoms with E-state index in [1.54, 1.807) is 18.5 Å². The van der Waals surface area contributed by atoms with E-state index in [9.17, 15) is 4.39 Å². The van der Waals surface area contributed by atoms with Gasteiger partial charge in [0, 0.05) is 19.1 Å². The first-order chi connectivity index (χ1) is 14.0. The second-order valence-electron chi connectivity index (χ2n) is 7.86. The van der Waals surface area contributed by atoms with Crippen LogP contribution in [0.15, 0.2) is 30.9 Å². The molecule has 4 aromatic rings. The third-order valence-corrected chi connectivity index (χ3v) is 5.63. The van der Waals surface area contributed by atoms with Crippen molar-refractivity contribution in [2.24, 2.45) is 0 Å². The number of nitrogens with one attached hydrogen (secondary N) is 2. The SMILES string of the molecule is CC(C)N1CC(n2c([C@H](C)Nc3ncnc4nc[nH]c34)nc3ccc(F)cc32)C1. The van der Waals surface area contributed by atoms with Gasteiger partial charge in [-0.05, 0) is 39.0 Å². The van der Waals surface area contributed by atoms with Crippen molar-refractivity contribution in [2.75, 3.05) is 18.4 Å². The number of halogens is 1. The van der Waals surface area contributed by atoms with Crippen LogP contribution in [-0.4, -0.2) is 53.5 Å². The fourth-order valence-corrected chi connectivity index (χ4v) is 3.99. The zero-order chi connectivity index (χ0) is 20.1. The predicted molar refractivity (Wildman–Crippen MR) is 109 cm³/mol. The number of H-pyrrole nitrogens is 1. The molecule has 0 spiro atoms. The van der Waals surface area contributed by atoms with Crippen LogP contribution in [0.1, 0.15) is 38.7 Å². The van der Waals surface area contributed by atoms with Crippen LogP contribution in [0, 0.1) is 5.82 Å². The van der Waals surface area contributed by atoms with E-state index in [-0.39, 0.29) is 17.9 Å². The van der Waals surface area contributed by atoms with Crippen LogP contribution < -0.4 is 5.32 Å². The highest BCUT2D eigenvalue weighted by Gasteiger charge is 2.33. The van der Waals surface area contributed by atoms with Gasteiger partial charge in [-0.25, -0.2) is 24.3 Å². The lowest BCUT2D eigenvalue weighted by molar-refractivity contribution is 0.0745. The Labute approximate surface area is 167 Å². The molecule has 0 saturated carbocycles. The fraction of sp³-hybridized carbons (Fsp3) is 0.400. The molecule has 0 bridgehead atoms. The molecule has 1 aromatic carbocycles. The largest absolute Gasteiger partial charge is 0.358 e. The fourth-order valence-electron chi connectivity index (χ4n) is 3.99. The average Bonchev–Trinajstić information content (AvgIpc) is 3.26. The lowest BCUT2D eigenvalue weighted by Crippen LogP contribution is -2.51. The standard InChI is InChI=1S/C20H23FN8/c1-11(2)28-7-14(8-28)29-16-6-13(21)4-5-15(16)27-20(29)12(3)26-19-17-18(23-9-22-17)24-10-25-19/h4-6,9-12,14H,7-8H2,1-3H3,(H2,22,23,24,25,26)/t12-/m0/s1. The monoisotopic (exact) mass is 394 g/mol. The number of rotatable bonds is 5. The Morgan fingerprint density at radius 3 is 2.79 bits per heavy atom. The van der Waals surface area contributed by atoms with Crippen LogP contribution in [0.2, 0.25) is 0 Å². The van der Waals surface area contributed by atoms with Gasteiger partial charge < -0.3 is 14.9 Å². The molecule has 2 N–H and O–H groups in total. The second kappa shape index (κ2) is 6.77. The Hall–Kier alpha value is -3.07. The van der Waals surface area contributed by atoms with Gasteiger partial charge in [0.05, 0.1) is 29.4 Å². The molecular weight excluding hydrogens is 371 g/mol. The van der Waals surface area contributed by atoms with Crippen LogP contribution in [0.4, 0.5) is 10.2 Å². The third-order valence-electron chi connectivity index (χ3n) is 5.63. The number of imidazole rings is 2. The number of nitrogens with zero attached hydrogens (tertiary/aromatic N) is 6. The van der Waals surface area contributed by atoms with E-state index < -0.39 is 0 Å². The number of benzene rings is 1. The van der Waals surface area contributed by atoms with Crippen molar-refractivity contribution in [3.8, 4) is 0 Å². The van der Waals surface area contributed by atoms with E-state index in [0.717, 1.165) is 35.5 Å². The summed E-state index contributed by atoms with van der Waals surface area (Å²) in [5, 5.41) is 3.43. The molecule has 0 unspecified atom stereocenters.